The lowest BCUT2D eigenvalue weighted by Crippen LogP contribution is -2.35. The van der Waals surface area contributed by atoms with Gasteiger partial charge in [0.05, 0.1) is 7.11 Å². The number of hydrogen-bond acceptors (Lipinski definition) is 4. The quantitative estimate of drug-likeness (QED) is 0.576. The minimum atomic E-state index is -0.420. The molecule has 0 aliphatic carbocycles. The number of methoxy groups -OCH3 is 1. The largest absolute Gasteiger partial charge is 0.468 e. The number of carbonyl (C=O) groups excluding carboxylic acids is 2. The summed E-state index contributed by atoms with van der Waals surface area (Å²) in [6.07, 6.45) is 7.22. The van der Waals surface area contributed by atoms with E-state index in [2.05, 4.69) is 9.72 Å². The van der Waals surface area contributed by atoms with Gasteiger partial charge in [-0.25, -0.2) is 0 Å². The van der Waals surface area contributed by atoms with Gasteiger partial charge < -0.3 is 9.64 Å². The van der Waals surface area contributed by atoms with E-state index in [-0.39, 0.29) is 12.5 Å². The minimum Gasteiger partial charge on any atom is -0.468 e. The predicted octanol–water partition coefficient (Wildman–Crippen LogP) is 1.51. The van der Waals surface area contributed by atoms with Gasteiger partial charge in [0.1, 0.15) is 6.54 Å². The summed E-state index contributed by atoms with van der Waals surface area (Å²) < 4.78 is 4.57. The molecule has 0 fully saturated rings. The molecular weight excluding hydrogens is 244 g/mol. The number of esters is 1. The highest BCUT2D eigenvalue weighted by atomic mass is 16.5. The average Bonchev–Trinajstić information content (AvgIpc) is 2.45. The fourth-order valence-electron chi connectivity index (χ4n) is 1.50. The molecule has 1 heterocycles. The van der Waals surface area contributed by atoms with Gasteiger partial charge in [-0.15, -0.1) is 0 Å². The fourth-order valence-corrected chi connectivity index (χ4v) is 1.50. The number of hydrogen-bond donors (Lipinski definition) is 0. The van der Waals surface area contributed by atoms with Gasteiger partial charge in [-0.1, -0.05) is 13.0 Å². The molecule has 5 nitrogen and oxygen atoms in total. The van der Waals surface area contributed by atoms with E-state index < -0.39 is 5.97 Å². The normalized spacial score (nSPS) is 10.4. The van der Waals surface area contributed by atoms with E-state index in [0.717, 1.165) is 12.0 Å². The zero-order valence-electron chi connectivity index (χ0n) is 11.2. The molecule has 0 saturated heterocycles. The molecule has 0 bridgehead atoms. The van der Waals surface area contributed by atoms with Crippen molar-refractivity contribution >= 4 is 18.0 Å². The van der Waals surface area contributed by atoms with Gasteiger partial charge in [-0.2, -0.15) is 0 Å². The van der Waals surface area contributed by atoms with Crippen molar-refractivity contribution in [3.8, 4) is 0 Å². The molecule has 0 aliphatic rings. The van der Waals surface area contributed by atoms with Crippen LogP contribution in [0.15, 0.2) is 30.6 Å². The summed E-state index contributed by atoms with van der Waals surface area (Å²) in [6, 6.07) is 3.64. The van der Waals surface area contributed by atoms with E-state index in [9.17, 15) is 9.59 Å². The third kappa shape index (κ3) is 5.33. The van der Waals surface area contributed by atoms with Crippen molar-refractivity contribution in [2.75, 3.05) is 20.2 Å². The lowest BCUT2D eigenvalue weighted by Gasteiger charge is -2.18. The van der Waals surface area contributed by atoms with Gasteiger partial charge in [-0.3, -0.25) is 14.6 Å². The van der Waals surface area contributed by atoms with Crippen LogP contribution in [-0.2, 0) is 14.3 Å². The molecule has 1 amide bonds. The van der Waals surface area contributed by atoms with Crippen LogP contribution in [0.5, 0.6) is 0 Å². The Morgan fingerprint density at radius 1 is 1.47 bits per heavy atom. The molecule has 1 rings (SSSR count). The van der Waals surface area contributed by atoms with Crippen LogP contribution < -0.4 is 0 Å². The molecule has 0 radical (unpaired) electrons. The van der Waals surface area contributed by atoms with E-state index >= 15 is 0 Å². The summed E-state index contributed by atoms with van der Waals surface area (Å²) >= 11 is 0. The number of nitrogens with zero attached hydrogens (tertiary/aromatic N) is 2. The Hall–Kier alpha value is -2.17. The molecule has 19 heavy (non-hydrogen) atoms. The fraction of sp³-hybridized carbons (Fsp3) is 0.357. The van der Waals surface area contributed by atoms with E-state index in [0.29, 0.717) is 6.54 Å². The molecule has 0 aromatic carbocycles. The minimum absolute atomic E-state index is 0.0272. The molecular formula is C14H18N2O3. The van der Waals surface area contributed by atoms with E-state index in [1.54, 1.807) is 24.5 Å². The highest BCUT2D eigenvalue weighted by Crippen LogP contribution is 2.01. The Kier molecular flexibility index (Phi) is 6.29. The molecule has 0 N–H and O–H groups in total. The second kappa shape index (κ2) is 8.02. The number of pyridine rings is 1. The van der Waals surface area contributed by atoms with E-state index in [4.69, 9.17) is 0 Å². The van der Waals surface area contributed by atoms with Gasteiger partial charge in [0, 0.05) is 25.0 Å². The third-order valence-electron chi connectivity index (χ3n) is 2.46. The van der Waals surface area contributed by atoms with Crippen LogP contribution in [0.25, 0.3) is 6.08 Å². The van der Waals surface area contributed by atoms with Crippen molar-refractivity contribution in [1.29, 1.82) is 0 Å². The van der Waals surface area contributed by atoms with Crippen molar-refractivity contribution in [2.24, 2.45) is 0 Å². The second-order valence-corrected chi connectivity index (χ2v) is 3.96. The smallest absolute Gasteiger partial charge is 0.325 e. The molecule has 0 atom stereocenters. The molecule has 0 unspecified atom stereocenters. The first-order valence-corrected chi connectivity index (χ1v) is 6.11. The number of amides is 1. The van der Waals surface area contributed by atoms with Gasteiger partial charge >= 0.3 is 5.97 Å². The monoisotopic (exact) mass is 262 g/mol. The standard InChI is InChI=1S/C14H18N2O3/c1-3-9-16(11-14(18)19-2)13(17)7-6-12-5-4-8-15-10-12/h4-8,10H,3,9,11H2,1-2H3/b7-6+. The molecule has 0 spiro atoms. The molecule has 1 aromatic heterocycles. The van der Waals surface area contributed by atoms with Crippen LogP contribution in [0, 0.1) is 0 Å². The maximum Gasteiger partial charge on any atom is 0.325 e. The lowest BCUT2D eigenvalue weighted by atomic mass is 10.2. The van der Waals surface area contributed by atoms with Crippen molar-refractivity contribution in [2.45, 2.75) is 13.3 Å². The number of carbonyl (C=O) groups is 2. The molecule has 102 valence electrons. The number of rotatable bonds is 6. The molecule has 0 saturated carbocycles. The first-order valence-electron chi connectivity index (χ1n) is 6.11. The average molecular weight is 262 g/mol. The van der Waals surface area contributed by atoms with Gasteiger partial charge in [-0.05, 0) is 24.1 Å². The Morgan fingerprint density at radius 2 is 2.26 bits per heavy atom. The van der Waals surface area contributed by atoms with Crippen molar-refractivity contribution < 1.29 is 14.3 Å². The van der Waals surface area contributed by atoms with Crippen molar-refractivity contribution in [3.05, 3.63) is 36.2 Å². The van der Waals surface area contributed by atoms with Gasteiger partial charge in [0.2, 0.25) is 5.91 Å². The summed E-state index contributed by atoms with van der Waals surface area (Å²) in [4.78, 5) is 28.6. The topological polar surface area (TPSA) is 59.5 Å². The second-order valence-electron chi connectivity index (χ2n) is 3.96. The van der Waals surface area contributed by atoms with Crippen LogP contribution in [0.2, 0.25) is 0 Å². The Morgan fingerprint density at radius 3 is 2.84 bits per heavy atom. The van der Waals surface area contributed by atoms with Crippen LogP contribution in [0.3, 0.4) is 0 Å². The predicted molar refractivity (Wildman–Crippen MR) is 72.2 cm³/mol. The summed E-state index contributed by atoms with van der Waals surface area (Å²) in [5.74, 6) is -0.632. The van der Waals surface area contributed by atoms with Crippen LogP contribution in [0.1, 0.15) is 18.9 Å². The van der Waals surface area contributed by atoms with Gasteiger partial charge in [0.15, 0.2) is 0 Å². The third-order valence-corrected chi connectivity index (χ3v) is 2.46. The summed E-state index contributed by atoms with van der Waals surface area (Å²) in [5.41, 5.74) is 0.838. The summed E-state index contributed by atoms with van der Waals surface area (Å²) in [6.45, 7) is 2.44. The maximum atomic E-state index is 12.0. The maximum absolute atomic E-state index is 12.0. The highest BCUT2D eigenvalue weighted by molar-refractivity contribution is 5.93. The lowest BCUT2D eigenvalue weighted by molar-refractivity contribution is -0.145. The van der Waals surface area contributed by atoms with Crippen molar-refractivity contribution in [1.82, 2.24) is 9.88 Å². The number of ether oxygens (including phenoxy) is 1. The van der Waals surface area contributed by atoms with Crippen molar-refractivity contribution in [3.63, 3.8) is 0 Å². The van der Waals surface area contributed by atoms with Crippen LogP contribution in [-0.4, -0.2) is 42.0 Å². The zero-order chi connectivity index (χ0) is 14.1. The molecule has 5 heteroatoms. The van der Waals surface area contributed by atoms with Crippen LogP contribution in [0.4, 0.5) is 0 Å². The van der Waals surface area contributed by atoms with E-state index in [1.807, 2.05) is 13.0 Å². The molecule has 0 aliphatic heterocycles. The Labute approximate surface area is 112 Å². The zero-order valence-corrected chi connectivity index (χ0v) is 11.2. The number of aromatic nitrogens is 1. The van der Waals surface area contributed by atoms with E-state index in [1.165, 1.54) is 18.1 Å². The Bertz CT molecular complexity index is 443. The first kappa shape index (κ1) is 14.9. The SMILES string of the molecule is CCCN(CC(=O)OC)C(=O)/C=C/c1cccnc1. The summed E-state index contributed by atoms with van der Waals surface area (Å²) in [7, 11) is 1.31. The van der Waals surface area contributed by atoms with Crippen LogP contribution >= 0.6 is 0 Å². The summed E-state index contributed by atoms with van der Waals surface area (Å²) in [5, 5.41) is 0. The van der Waals surface area contributed by atoms with Gasteiger partial charge in [0.25, 0.3) is 0 Å². The highest BCUT2D eigenvalue weighted by Gasteiger charge is 2.14. The molecule has 1 aromatic rings. The first-order chi connectivity index (χ1) is 9.17. The Balaban J connectivity index is 2.66.